The van der Waals surface area contributed by atoms with Crippen LogP contribution in [-0.2, 0) is 6.61 Å². The second kappa shape index (κ2) is 5.01. The van der Waals surface area contributed by atoms with E-state index in [1.54, 1.807) is 10.9 Å². The number of benzene rings is 1. The second-order valence-corrected chi connectivity index (χ2v) is 3.75. The number of rotatable bonds is 4. The van der Waals surface area contributed by atoms with Crippen LogP contribution in [0.3, 0.4) is 0 Å². The molecule has 0 bridgehead atoms. The van der Waals surface area contributed by atoms with E-state index in [1.165, 1.54) is 0 Å². The van der Waals surface area contributed by atoms with Crippen LogP contribution in [0.2, 0.25) is 0 Å². The van der Waals surface area contributed by atoms with Crippen LogP contribution in [0.15, 0.2) is 30.5 Å². The fraction of sp³-hybridized carbons (Fsp3) is 0.308. The largest absolute Gasteiger partial charge is 0.494 e. The van der Waals surface area contributed by atoms with E-state index in [2.05, 4.69) is 5.10 Å². The zero-order chi connectivity index (χ0) is 12.3. The highest BCUT2D eigenvalue weighted by Crippen LogP contribution is 2.17. The van der Waals surface area contributed by atoms with Crippen LogP contribution >= 0.6 is 0 Å². The quantitative estimate of drug-likeness (QED) is 0.877. The highest BCUT2D eigenvalue weighted by Gasteiger charge is 2.06. The Morgan fingerprint density at radius 1 is 1.29 bits per heavy atom. The van der Waals surface area contributed by atoms with Crippen LogP contribution in [-0.4, -0.2) is 21.5 Å². The molecule has 1 heterocycles. The number of hydrogen-bond donors (Lipinski definition) is 1. The molecule has 0 spiro atoms. The van der Waals surface area contributed by atoms with Crippen molar-refractivity contribution in [2.75, 3.05) is 6.61 Å². The Morgan fingerprint density at radius 2 is 2.00 bits per heavy atom. The molecular formula is C13H16N2O2. The minimum Gasteiger partial charge on any atom is -0.494 e. The first-order chi connectivity index (χ1) is 8.26. The van der Waals surface area contributed by atoms with Crippen molar-refractivity contribution in [1.29, 1.82) is 0 Å². The number of aromatic nitrogens is 2. The lowest BCUT2D eigenvalue weighted by Crippen LogP contribution is -2.00. The Morgan fingerprint density at radius 3 is 2.53 bits per heavy atom. The molecule has 0 atom stereocenters. The Balaban J connectivity index is 2.30. The molecule has 0 amide bonds. The Labute approximate surface area is 100 Å². The van der Waals surface area contributed by atoms with Gasteiger partial charge >= 0.3 is 0 Å². The number of aliphatic hydroxyl groups excluding tert-OH is 1. The van der Waals surface area contributed by atoms with Gasteiger partial charge in [-0.15, -0.1) is 0 Å². The number of hydrogen-bond acceptors (Lipinski definition) is 3. The van der Waals surface area contributed by atoms with Gasteiger partial charge < -0.3 is 9.84 Å². The molecule has 2 aromatic rings. The summed E-state index contributed by atoms with van der Waals surface area (Å²) in [6.45, 7) is 4.58. The molecule has 4 nitrogen and oxygen atoms in total. The fourth-order valence-corrected chi connectivity index (χ4v) is 1.71. The molecule has 17 heavy (non-hydrogen) atoms. The van der Waals surface area contributed by atoms with Gasteiger partial charge in [0.2, 0.25) is 0 Å². The van der Waals surface area contributed by atoms with Crippen molar-refractivity contribution in [3.05, 3.63) is 41.7 Å². The van der Waals surface area contributed by atoms with Gasteiger partial charge in [-0.25, -0.2) is 4.68 Å². The summed E-state index contributed by atoms with van der Waals surface area (Å²) in [5.74, 6) is 0.850. The number of nitrogens with zero attached hydrogens (tertiary/aromatic N) is 2. The first kappa shape index (κ1) is 11.7. The molecule has 0 radical (unpaired) electrons. The van der Waals surface area contributed by atoms with E-state index < -0.39 is 0 Å². The second-order valence-electron chi connectivity index (χ2n) is 3.75. The van der Waals surface area contributed by atoms with Gasteiger partial charge in [0, 0.05) is 11.3 Å². The lowest BCUT2D eigenvalue weighted by atomic mass is 10.2. The van der Waals surface area contributed by atoms with Crippen molar-refractivity contribution in [3.8, 4) is 11.4 Å². The lowest BCUT2D eigenvalue weighted by molar-refractivity contribution is 0.281. The van der Waals surface area contributed by atoms with Crippen molar-refractivity contribution >= 4 is 0 Å². The van der Waals surface area contributed by atoms with Gasteiger partial charge in [0.25, 0.3) is 0 Å². The lowest BCUT2D eigenvalue weighted by Gasteiger charge is -2.07. The molecule has 0 aliphatic heterocycles. The van der Waals surface area contributed by atoms with E-state index in [9.17, 15) is 0 Å². The van der Waals surface area contributed by atoms with E-state index in [1.807, 2.05) is 38.1 Å². The Bertz CT molecular complexity index is 489. The third kappa shape index (κ3) is 2.31. The zero-order valence-electron chi connectivity index (χ0n) is 10.1. The van der Waals surface area contributed by atoms with Crippen molar-refractivity contribution in [2.45, 2.75) is 20.5 Å². The van der Waals surface area contributed by atoms with Crippen LogP contribution < -0.4 is 4.74 Å². The first-order valence-corrected chi connectivity index (χ1v) is 5.64. The molecule has 0 unspecified atom stereocenters. The van der Waals surface area contributed by atoms with Crippen LogP contribution in [0.4, 0.5) is 0 Å². The normalized spacial score (nSPS) is 10.5. The van der Waals surface area contributed by atoms with Gasteiger partial charge in [-0.1, -0.05) is 0 Å². The molecule has 1 aromatic heterocycles. The molecule has 0 aliphatic rings. The standard InChI is InChI=1S/C13H16N2O2/c1-3-17-13-6-4-12(5-7-13)15-10(2)11(9-16)8-14-15/h4-8,16H,3,9H2,1-2H3. The molecule has 0 aliphatic carbocycles. The topological polar surface area (TPSA) is 47.3 Å². The van der Waals surface area contributed by atoms with Gasteiger partial charge in [-0.2, -0.15) is 5.10 Å². The number of ether oxygens (including phenoxy) is 1. The molecule has 1 N–H and O–H groups in total. The smallest absolute Gasteiger partial charge is 0.119 e. The van der Waals surface area contributed by atoms with Crippen LogP contribution in [0.1, 0.15) is 18.2 Å². The predicted octanol–water partition coefficient (Wildman–Crippen LogP) is 2.07. The molecule has 1 aromatic carbocycles. The van der Waals surface area contributed by atoms with Gasteiger partial charge in [0.1, 0.15) is 5.75 Å². The summed E-state index contributed by atoms with van der Waals surface area (Å²) in [6, 6.07) is 7.73. The van der Waals surface area contributed by atoms with Gasteiger partial charge in [0.05, 0.1) is 25.1 Å². The minimum atomic E-state index is 0.0167. The zero-order valence-corrected chi connectivity index (χ0v) is 10.1. The molecule has 90 valence electrons. The number of aliphatic hydroxyl groups is 1. The molecule has 0 fully saturated rings. The summed E-state index contributed by atoms with van der Waals surface area (Å²) in [5, 5.41) is 13.4. The van der Waals surface area contributed by atoms with Crippen LogP contribution in [0.5, 0.6) is 5.75 Å². The van der Waals surface area contributed by atoms with E-state index >= 15 is 0 Å². The van der Waals surface area contributed by atoms with E-state index in [-0.39, 0.29) is 6.61 Å². The third-order valence-electron chi connectivity index (χ3n) is 2.67. The fourth-order valence-electron chi connectivity index (χ4n) is 1.71. The maximum absolute atomic E-state index is 9.12. The van der Waals surface area contributed by atoms with Crippen molar-refractivity contribution in [1.82, 2.24) is 9.78 Å². The van der Waals surface area contributed by atoms with Gasteiger partial charge in [0.15, 0.2) is 0 Å². The Kier molecular flexibility index (Phi) is 3.44. The summed E-state index contributed by atoms with van der Waals surface area (Å²) in [7, 11) is 0. The monoisotopic (exact) mass is 232 g/mol. The molecule has 2 rings (SSSR count). The maximum Gasteiger partial charge on any atom is 0.119 e. The van der Waals surface area contributed by atoms with E-state index in [0.717, 1.165) is 22.7 Å². The summed E-state index contributed by atoms with van der Waals surface area (Å²) in [5.41, 5.74) is 2.76. The van der Waals surface area contributed by atoms with E-state index in [4.69, 9.17) is 9.84 Å². The molecular weight excluding hydrogens is 216 g/mol. The van der Waals surface area contributed by atoms with Gasteiger partial charge in [-0.3, -0.25) is 0 Å². The SMILES string of the molecule is CCOc1ccc(-n2ncc(CO)c2C)cc1. The highest BCUT2D eigenvalue weighted by molar-refractivity contribution is 5.39. The summed E-state index contributed by atoms with van der Waals surface area (Å²) >= 11 is 0. The van der Waals surface area contributed by atoms with Crippen molar-refractivity contribution in [2.24, 2.45) is 0 Å². The summed E-state index contributed by atoms with van der Waals surface area (Å²) < 4.78 is 7.19. The predicted molar refractivity (Wildman–Crippen MR) is 65.4 cm³/mol. The first-order valence-electron chi connectivity index (χ1n) is 5.64. The molecule has 0 saturated heterocycles. The van der Waals surface area contributed by atoms with Crippen LogP contribution in [0, 0.1) is 6.92 Å². The third-order valence-corrected chi connectivity index (χ3v) is 2.67. The molecule has 4 heteroatoms. The summed E-state index contributed by atoms with van der Waals surface area (Å²) in [6.07, 6.45) is 1.69. The van der Waals surface area contributed by atoms with E-state index in [0.29, 0.717) is 6.61 Å². The van der Waals surface area contributed by atoms with Crippen molar-refractivity contribution in [3.63, 3.8) is 0 Å². The highest BCUT2D eigenvalue weighted by atomic mass is 16.5. The van der Waals surface area contributed by atoms with Gasteiger partial charge in [-0.05, 0) is 38.1 Å². The summed E-state index contributed by atoms with van der Waals surface area (Å²) in [4.78, 5) is 0. The average Bonchev–Trinajstić information content (AvgIpc) is 2.72. The average molecular weight is 232 g/mol. The maximum atomic E-state index is 9.12. The van der Waals surface area contributed by atoms with Crippen LogP contribution in [0.25, 0.3) is 5.69 Å². The van der Waals surface area contributed by atoms with Crippen molar-refractivity contribution < 1.29 is 9.84 Å². The minimum absolute atomic E-state index is 0.0167. The Hall–Kier alpha value is -1.81. The molecule has 0 saturated carbocycles.